The highest BCUT2D eigenvalue weighted by atomic mass is 32.2. The molecule has 1 N–H and O–H groups in total. The van der Waals surface area contributed by atoms with Gasteiger partial charge < -0.3 is 10.1 Å². The van der Waals surface area contributed by atoms with Crippen molar-refractivity contribution in [3.05, 3.63) is 29.8 Å². The topological polar surface area (TPSA) is 92.8 Å². The van der Waals surface area contributed by atoms with E-state index >= 15 is 0 Å². The number of carbonyl (C=O) groups excluding carboxylic acids is 2. The van der Waals surface area contributed by atoms with E-state index < -0.39 is 16.0 Å². The molecule has 6 rings (SSSR count). The van der Waals surface area contributed by atoms with Crippen LogP contribution in [0.1, 0.15) is 83.6 Å². The Morgan fingerprint density at radius 2 is 1.51 bits per heavy atom. The molecular weight excluding hydrogens is 488 g/mol. The van der Waals surface area contributed by atoms with Crippen molar-refractivity contribution in [3.8, 4) is 0 Å². The summed E-state index contributed by atoms with van der Waals surface area (Å²) in [5.41, 5.74) is 1.30. The second-order valence-corrected chi connectivity index (χ2v) is 14.5. The summed E-state index contributed by atoms with van der Waals surface area (Å²) in [5, 5.41) is 3.15. The van der Waals surface area contributed by atoms with Gasteiger partial charge in [0.1, 0.15) is 0 Å². The molecule has 0 radical (unpaired) electrons. The summed E-state index contributed by atoms with van der Waals surface area (Å²) < 4.78 is 32.9. The lowest BCUT2D eigenvalue weighted by atomic mass is 9.48. The Kier molecular flexibility index (Phi) is 7.44. The molecule has 1 amide bonds. The number of esters is 1. The summed E-state index contributed by atoms with van der Waals surface area (Å²) in [4.78, 5) is 25.6. The fourth-order valence-electron chi connectivity index (χ4n) is 7.90. The first-order valence-electron chi connectivity index (χ1n) is 14.1. The summed E-state index contributed by atoms with van der Waals surface area (Å²) in [6, 6.07) is 7.13. The standard InChI is InChI=1S/C29H42N2O5S/c1-19(2)24-4-6-26(7-5-24)37(34,35)31-10-8-25(9-11-31)28(33)36-18-27(32)30-20(3)29-15-21-12-22(16-29)14-23(13-21)17-29/h4-7,19-23,25H,8-18H2,1-3H3,(H,30,32). The Morgan fingerprint density at radius 1 is 0.973 bits per heavy atom. The molecule has 0 spiro atoms. The smallest absolute Gasteiger partial charge is 0.309 e. The van der Waals surface area contributed by atoms with Gasteiger partial charge in [0.2, 0.25) is 10.0 Å². The van der Waals surface area contributed by atoms with Crippen LogP contribution in [-0.4, -0.2) is 50.3 Å². The minimum absolute atomic E-state index is 0.0927. The molecular formula is C29H42N2O5S. The van der Waals surface area contributed by atoms with E-state index in [-0.39, 0.29) is 47.9 Å². The van der Waals surface area contributed by atoms with Crippen molar-refractivity contribution in [3.63, 3.8) is 0 Å². The van der Waals surface area contributed by atoms with Crippen molar-refractivity contribution in [2.75, 3.05) is 19.7 Å². The summed E-state index contributed by atoms with van der Waals surface area (Å²) in [6.45, 7) is 6.53. The first-order chi connectivity index (χ1) is 17.6. The number of hydrogen-bond acceptors (Lipinski definition) is 5. The number of nitrogens with one attached hydrogen (secondary N) is 1. The van der Waals surface area contributed by atoms with Crippen molar-refractivity contribution in [2.24, 2.45) is 29.1 Å². The molecule has 8 heteroatoms. The lowest BCUT2D eigenvalue weighted by Gasteiger charge is -2.59. The molecule has 1 heterocycles. The summed E-state index contributed by atoms with van der Waals surface area (Å²) >= 11 is 0. The van der Waals surface area contributed by atoms with Crippen LogP contribution in [0.5, 0.6) is 0 Å². The van der Waals surface area contributed by atoms with E-state index in [2.05, 4.69) is 26.1 Å². The van der Waals surface area contributed by atoms with Crippen molar-refractivity contribution < 1.29 is 22.7 Å². The van der Waals surface area contributed by atoms with E-state index in [9.17, 15) is 18.0 Å². The largest absolute Gasteiger partial charge is 0.455 e. The summed E-state index contributed by atoms with van der Waals surface area (Å²) in [6.07, 6.45) is 8.52. The van der Waals surface area contributed by atoms with Crippen LogP contribution in [0.2, 0.25) is 0 Å². The van der Waals surface area contributed by atoms with Gasteiger partial charge in [0.05, 0.1) is 10.8 Å². The van der Waals surface area contributed by atoms with Gasteiger partial charge in [-0.3, -0.25) is 9.59 Å². The van der Waals surface area contributed by atoms with Gasteiger partial charge in [0.15, 0.2) is 6.61 Å². The minimum Gasteiger partial charge on any atom is -0.455 e. The summed E-state index contributed by atoms with van der Waals surface area (Å²) in [7, 11) is -3.60. The number of ether oxygens (including phenoxy) is 1. The zero-order valence-corrected chi connectivity index (χ0v) is 23.3. The van der Waals surface area contributed by atoms with Crippen LogP contribution in [-0.2, 0) is 24.3 Å². The second-order valence-electron chi connectivity index (χ2n) is 12.6. The normalized spacial score (nSPS) is 30.9. The molecule has 1 aromatic carbocycles. The maximum Gasteiger partial charge on any atom is 0.309 e. The van der Waals surface area contributed by atoms with Gasteiger partial charge in [0, 0.05) is 19.1 Å². The summed E-state index contributed by atoms with van der Waals surface area (Å²) in [5.74, 6) is 1.76. The monoisotopic (exact) mass is 530 g/mol. The van der Waals surface area contributed by atoms with Crippen molar-refractivity contribution in [1.82, 2.24) is 9.62 Å². The van der Waals surface area contributed by atoms with Crippen LogP contribution in [0.3, 0.4) is 0 Å². The molecule has 7 nitrogen and oxygen atoms in total. The Balaban J connectivity index is 1.08. The average molecular weight is 531 g/mol. The fraction of sp³-hybridized carbons (Fsp3) is 0.724. The van der Waals surface area contributed by atoms with Crippen LogP contribution < -0.4 is 5.32 Å². The molecule has 1 aliphatic heterocycles. The third-order valence-corrected chi connectivity index (χ3v) is 11.6. The molecule has 4 saturated carbocycles. The molecule has 204 valence electrons. The number of nitrogens with zero attached hydrogens (tertiary/aromatic N) is 1. The lowest BCUT2D eigenvalue weighted by molar-refractivity contribution is -0.154. The van der Waals surface area contributed by atoms with Gasteiger partial charge in [-0.15, -0.1) is 0 Å². The molecule has 37 heavy (non-hydrogen) atoms. The number of amides is 1. The third-order valence-electron chi connectivity index (χ3n) is 9.70. The Labute approximate surface area is 221 Å². The van der Waals surface area contributed by atoms with Gasteiger partial charge >= 0.3 is 5.97 Å². The Bertz CT molecular complexity index is 1070. The van der Waals surface area contributed by atoms with Gasteiger partial charge in [-0.2, -0.15) is 4.31 Å². The predicted octanol–water partition coefficient (Wildman–Crippen LogP) is 4.48. The molecule has 4 bridgehead atoms. The predicted molar refractivity (Wildman–Crippen MR) is 141 cm³/mol. The van der Waals surface area contributed by atoms with Crippen LogP contribution in [0.4, 0.5) is 0 Å². The molecule has 1 aromatic rings. The molecule has 1 unspecified atom stereocenters. The molecule has 4 aliphatic carbocycles. The van der Waals surface area contributed by atoms with Crippen molar-refractivity contribution >= 4 is 21.9 Å². The highest BCUT2D eigenvalue weighted by molar-refractivity contribution is 7.89. The number of piperidine rings is 1. The van der Waals surface area contributed by atoms with E-state index in [1.165, 1.54) is 42.8 Å². The zero-order valence-electron chi connectivity index (χ0n) is 22.4. The molecule has 0 aromatic heterocycles. The molecule has 5 fully saturated rings. The van der Waals surface area contributed by atoms with E-state index in [0.717, 1.165) is 23.3 Å². The van der Waals surface area contributed by atoms with E-state index in [1.807, 2.05) is 12.1 Å². The van der Waals surface area contributed by atoms with Gasteiger partial charge in [-0.25, -0.2) is 8.42 Å². The van der Waals surface area contributed by atoms with Crippen LogP contribution in [0.15, 0.2) is 29.2 Å². The number of benzene rings is 1. The number of sulfonamides is 1. The number of rotatable bonds is 8. The molecule has 5 aliphatic rings. The van der Waals surface area contributed by atoms with Crippen LogP contribution in [0.25, 0.3) is 0 Å². The van der Waals surface area contributed by atoms with Crippen molar-refractivity contribution in [1.29, 1.82) is 0 Å². The Hall–Kier alpha value is -1.93. The second kappa shape index (κ2) is 10.3. The molecule has 1 saturated heterocycles. The maximum atomic E-state index is 13.0. The lowest BCUT2D eigenvalue weighted by Crippen LogP contribution is -2.56. The van der Waals surface area contributed by atoms with E-state index in [4.69, 9.17) is 4.74 Å². The first-order valence-corrected chi connectivity index (χ1v) is 15.6. The number of carbonyl (C=O) groups is 2. The highest BCUT2D eigenvalue weighted by Gasteiger charge is 2.53. The zero-order chi connectivity index (χ0) is 26.4. The SMILES string of the molecule is CC(C)c1ccc(S(=O)(=O)N2CCC(C(=O)OCC(=O)NC(C)C34CC5CC(CC(C5)C3)C4)CC2)cc1. The number of hydrogen-bond donors (Lipinski definition) is 1. The van der Waals surface area contributed by atoms with Gasteiger partial charge in [-0.1, -0.05) is 26.0 Å². The van der Waals surface area contributed by atoms with E-state index in [0.29, 0.717) is 18.8 Å². The van der Waals surface area contributed by atoms with Crippen LogP contribution >= 0.6 is 0 Å². The first kappa shape index (κ1) is 26.7. The quantitative estimate of drug-likeness (QED) is 0.501. The van der Waals surface area contributed by atoms with E-state index in [1.54, 1.807) is 12.1 Å². The van der Waals surface area contributed by atoms with Gasteiger partial charge in [0.25, 0.3) is 5.91 Å². The van der Waals surface area contributed by atoms with Crippen LogP contribution in [0, 0.1) is 29.1 Å². The fourth-order valence-corrected chi connectivity index (χ4v) is 9.37. The van der Waals surface area contributed by atoms with Crippen molar-refractivity contribution in [2.45, 2.75) is 89.0 Å². The molecule has 1 atom stereocenters. The highest BCUT2D eigenvalue weighted by Crippen LogP contribution is 2.61. The minimum atomic E-state index is -3.60. The average Bonchev–Trinajstić information content (AvgIpc) is 2.86. The third kappa shape index (κ3) is 5.47. The van der Waals surface area contributed by atoms with Gasteiger partial charge in [-0.05, 0) is 105 Å². The Morgan fingerprint density at radius 3 is 2.03 bits per heavy atom. The maximum absolute atomic E-state index is 13.0.